The second kappa shape index (κ2) is 8.83. The molecule has 1 amide bonds. The standard InChI is InChI=1S/C20H14Br2N2O3/c21-17-10-13(11-18(22)19(17)25)12-23-24-20(26)14-6-8-16(9-7-14)27-15-4-2-1-3-5-15/h1-12,25H,(H,24,26)/b23-12+. The number of carbonyl (C=O) groups is 1. The van der Waals surface area contributed by atoms with Crippen LogP contribution in [0.5, 0.6) is 17.2 Å². The molecule has 136 valence electrons. The van der Waals surface area contributed by atoms with Gasteiger partial charge < -0.3 is 9.84 Å². The van der Waals surface area contributed by atoms with E-state index >= 15 is 0 Å². The lowest BCUT2D eigenvalue weighted by molar-refractivity contribution is 0.0955. The van der Waals surface area contributed by atoms with Gasteiger partial charge in [0.1, 0.15) is 17.2 Å². The third-order valence-electron chi connectivity index (χ3n) is 3.51. The summed E-state index contributed by atoms with van der Waals surface area (Å²) in [6.45, 7) is 0. The number of nitrogens with one attached hydrogen (secondary N) is 1. The van der Waals surface area contributed by atoms with Crippen LogP contribution in [0.2, 0.25) is 0 Å². The molecule has 3 rings (SSSR count). The van der Waals surface area contributed by atoms with Crippen LogP contribution in [-0.4, -0.2) is 17.2 Å². The van der Waals surface area contributed by atoms with Gasteiger partial charge in [-0.25, -0.2) is 5.43 Å². The second-order valence-electron chi connectivity index (χ2n) is 5.47. The molecule has 0 fully saturated rings. The number of hydrogen-bond acceptors (Lipinski definition) is 4. The second-order valence-corrected chi connectivity index (χ2v) is 7.18. The molecule has 0 heterocycles. The molecule has 0 aliphatic rings. The zero-order valence-corrected chi connectivity index (χ0v) is 17.1. The Morgan fingerprint density at radius 3 is 2.19 bits per heavy atom. The molecule has 0 aliphatic carbocycles. The number of hydrazone groups is 1. The number of rotatable bonds is 5. The Hall–Kier alpha value is -2.64. The van der Waals surface area contributed by atoms with Gasteiger partial charge in [0.25, 0.3) is 5.91 Å². The third kappa shape index (κ3) is 5.18. The van der Waals surface area contributed by atoms with Crippen LogP contribution < -0.4 is 10.2 Å². The number of para-hydroxylation sites is 1. The van der Waals surface area contributed by atoms with Crippen LogP contribution in [0.15, 0.2) is 80.8 Å². The maximum atomic E-state index is 12.2. The first-order valence-corrected chi connectivity index (χ1v) is 9.46. The Balaban J connectivity index is 1.61. The molecule has 0 saturated heterocycles. The summed E-state index contributed by atoms with van der Waals surface area (Å²) < 4.78 is 6.75. The van der Waals surface area contributed by atoms with E-state index in [1.54, 1.807) is 36.4 Å². The lowest BCUT2D eigenvalue weighted by atomic mass is 10.2. The van der Waals surface area contributed by atoms with E-state index < -0.39 is 0 Å². The Labute approximate surface area is 172 Å². The molecule has 0 atom stereocenters. The van der Waals surface area contributed by atoms with Crippen LogP contribution in [0.3, 0.4) is 0 Å². The first-order chi connectivity index (χ1) is 13.0. The summed E-state index contributed by atoms with van der Waals surface area (Å²) in [5, 5.41) is 13.6. The largest absolute Gasteiger partial charge is 0.506 e. The van der Waals surface area contributed by atoms with Crippen molar-refractivity contribution in [3.63, 3.8) is 0 Å². The van der Waals surface area contributed by atoms with E-state index in [4.69, 9.17) is 4.74 Å². The van der Waals surface area contributed by atoms with Gasteiger partial charge in [0.2, 0.25) is 0 Å². The molecule has 3 aromatic rings. The van der Waals surface area contributed by atoms with Gasteiger partial charge in [-0.1, -0.05) is 18.2 Å². The summed E-state index contributed by atoms with van der Waals surface area (Å²) in [5.74, 6) is 1.13. The monoisotopic (exact) mass is 488 g/mol. The fraction of sp³-hybridized carbons (Fsp3) is 0. The normalized spacial score (nSPS) is 10.7. The molecule has 0 radical (unpaired) electrons. The van der Waals surface area contributed by atoms with Crippen LogP contribution in [0.1, 0.15) is 15.9 Å². The molecular weight excluding hydrogens is 476 g/mol. The van der Waals surface area contributed by atoms with Crippen molar-refractivity contribution in [2.24, 2.45) is 5.10 Å². The zero-order valence-electron chi connectivity index (χ0n) is 13.9. The average molecular weight is 490 g/mol. The van der Waals surface area contributed by atoms with E-state index in [2.05, 4.69) is 42.4 Å². The molecule has 0 aliphatic heterocycles. The van der Waals surface area contributed by atoms with E-state index in [0.29, 0.717) is 25.8 Å². The molecule has 0 saturated carbocycles. The summed E-state index contributed by atoms with van der Waals surface area (Å²) in [6.07, 6.45) is 1.49. The van der Waals surface area contributed by atoms with Crippen molar-refractivity contribution in [3.8, 4) is 17.2 Å². The summed E-state index contributed by atoms with van der Waals surface area (Å²) >= 11 is 6.49. The SMILES string of the molecule is O=C(N/N=C/c1cc(Br)c(O)c(Br)c1)c1ccc(Oc2ccccc2)cc1. The summed E-state index contributed by atoms with van der Waals surface area (Å²) in [7, 11) is 0. The summed E-state index contributed by atoms with van der Waals surface area (Å²) in [4.78, 5) is 12.2. The van der Waals surface area contributed by atoms with E-state index in [-0.39, 0.29) is 11.7 Å². The fourth-order valence-electron chi connectivity index (χ4n) is 2.19. The van der Waals surface area contributed by atoms with Crippen molar-refractivity contribution in [2.45, 2.75) is 0 Å². The number of phenols is 1. The summed E-state index contributed by atoms with van der Waals surface area (Å²) in [5.41, 5.74) is 3.63. The van der Waals surface area contributed by atoms with Crippen molar-refractivity contribution in [2.75, 3.05) is 0 Å². The van der Waals surface area contributed by atoms with Crippen LogP contribution in [-0.2, 0) is 0 Å². The minimum absolute atomic E-state index is 0.106. The molecule has 27 heavy (non-hydrogen) atoms. The van der Waals surface area contributed by atoms with Gasteiger partial charge in [-0.3, -0.25) is 4.79 Å². The molecule has 0 spiro atoms. The highest BCUT2D eigenvalue weighted by Gasteiger charge is 2.06. The number of halogens is 2. The molecular formula is C20H14Br2N2O3. The van der Waals surface area contributed by atoms with E-state index in [9.17, 15) is 9.90 Å². The topological polar surface area (TPSA) is 70.9 Å². The van der Waals surface area contributed by atoms with Gasteiger partial charge in [0.15, 0.2) is 0 Å². The van der Waals surface area contributed by atoms with Gasteiger partial charge in [0, 0.05) is 5.56 Å². The van der Waals surface area contributed by atoms with Gasteiger partial charge in [0.05, 0.1) is 15.2 Å². The first-order valence-electron chi connectivity index (χ1n) is 7.87. The summed E-state index contributed by atoms with van der Waals surface area (Å²) in [6, 6.07) is 19.5. The van der Waals surface area contributed by atoms with E-state index in [1.807, 2.05) is 30.3 Å². The first kappa shape index (κ1) is 19.1. The lowest BCUT2D eigenvalue weighted by Gasteiger charge is -2.06. The number of aromatic hydroxyl groups is 1. The minimum Gasteiger partial charge on any atom is -0.506 e. The molecule has 2 N–H and O–H groups in total. The number of amides is 1. The molecule has 5 nitrogen and oxygen atoms in total. The van der Waals surface area contributed by atoms with Crippen LogP contribution >= 0.6 is 31.9 Å². The van der Waals surface area contributed by atoms with E-state index in [0.717, 1.165) is 5.75 Å². The van der Waals surface area contributed by atoms with Crippen molar-refractivity contribution in [1.29, 1.82) is 0 Å². The average Bonchev–Trinajstić information content (AvgIpc) is 2.67. The maximum Gasteiger partial charge on any atom is 0.271 e. The van der Waals surface area contributed by atoms with Gasteiger partial charge in [-0.2, -0.15) is 5.10 Å². The molecule has 0 bridgehead atoms. The highest BCUT2D eigenvalue weighted by atomic mass is 79.9. The van der Waals surface area contributed by atoms with E-state index in [1.165, 1.54) is 6.21 Å². The van der Waals surface area contributed by atoms with Crippen LogP contribution in [0.4, 0.5) is 0 Å². The molecule has 7 heteroatoms. The van der Waals surface area contributed by atoms with Crippen LogP contribution in [0.25, 0.3) is 0 Å². The number of ether oxygens (including phenoxy) is 1. The molecule has 0 unspecified atom stereocenters. The third-order valence-corrected chi connectivity index (χ3v) is 4.72. The van der Waals surface area contributed by atoms with Gasteiger partial charge >= 0.3 is 0 Å². The Bertz CT molecular complexity index is 951. The predicted octanol–water partition coefficient (Wildman–Crippen LogP) is 5.47. The number of carbonyl (C=O) groups excluding carboxylic acids is 1. The minimum atomic E-state index is -0.338. The highest BCUT2D eigenvalue weighted by Crippen LogP contribution is 2.32. The highest BCUT2D eigenvalue weighted by molar-refractivity contribution is 9.11. The number of nitrogens with zero attached hydrogens (tertiary/aromatic N) is 1. The van der Waals surface area contributed by atoms with Gasteiger partial charge in [-0.05, 0) is 86.0 Å². The van der Waals surface area contributed by atoms with Crippen molar-refractivity contribution >= 4 is 44.0 Å². The van der Waals surface area contributed by atoms with Crippen LogP contribution in [0, 0.1) is 0 Å². The molecule has 0 aromatic heterocycles. The number of hydrogen-bond donors (Lipinski definition) is 2. The Morgan fingerprint density at radius 1 is 0.963 bits per heavy atom. The smallest absolute Gasteiger partial charge is 0.271 e. The Morgan fingerprint density at radius 2 is 1.56 bits per heavy atom. The number of phenolic OH excluding ortho intramolecular Hbond substituents is 1. The maximum absolute atomic E-state index is 12.2. The predicted molar refractivity (Wildman–Crippen MR) is 112 cm³/mol. The van der Waals surface area contributed by atoms with Crippen molar-refractivity contribution < 1.29 is 14.6 Å². The lowest BCUT2D eigenvalue weighted by Crippen LogP contribution is -2.17. The Kier molecular flexibility index (Phi) is 6.26. The van der Waals surface area contributed by atoms with Gasteiger partial charge in [-0.15, -0.1) is 0 Å². The van der Waals surface area contributed by atoms with Crippen molar-refractivity contribution in [1.82, 2.24) is 5.43 Å². The quantitative estimate of drug-likeness (QED) is 0.368. The molecule has 3 aromatic carbocycles. The number of benzene rings is 3. The fourth-order valence-corrected chi connectivity index (χ4v) is 3.41. The van der Waals surface area contributed by atoms with Crippen molar-refractivity contribution in [3.05, 3.63) is 86.8 Å². The zero-order chi connectivity index (χ0) is 19.2.